The normalized spacial score (nSPS) is 15.1. The zero-order valence-electron chi connectivity index (χ0n) is 15.2. The van der Waals surface area contributed by atoms with Gasteiger partial charge in [0.25, 0.3) is 11.5 Å². The Kier molecular flexibility index (Phi) is 4.92. The minimum absolute atomic E-state index is 0.139. The molecule has 0 aliphatic heterocycles. The van der Waals surface area contributed by atoms with Crippen molar-refractivity contribution in [3.05, 3.63) is 49.5 Å². The molecule has 0 spiro atoms. The molecule has 1 amide bonds. The van der Waals surface area contributed by atoms with E-state index in [2.05, 4.69) is 15.5 Å². The molecular formula is C19H20N4O2S2. The molecule has 27 heavy (non-hydrogen) atoms. The number of hydrogen-bond acceptors (Lipinski definition) is 6. The number of amides is 1. The highest BCUT2D eigenvalue weighted by Gasteiger charge is 2.24. The van der Waals surface area contributed by atoms with E-state index in [4.69, 9.17) is 0 Å². The fourth-order valence-corrected chi connectivity index (χ4v) is 5.37. The van der Waals surface area contributed by atoms with Crippen LogP contribution in [0.15, 0.2) is 33.7 Å². The van der Waals surface area contributed by atoms with E-state index in [1.165, 1.54) is 15.8 Å². The fraction of sp³-hybridized carbons (Fsp3) is 0.368. The topological polar surface area (TPSA) is 76.3 Å². The molecule has 0 aromatic carbocycles. The molecular weight excluding hydrogens is 380 g/mol. The molecule has 6 nitrogen and oxygen atoms in total. The maximum absolute atomic E-state index is 13.0. The Morgan fingerprint density at radius 2 is 2.30 bits per heavy atom. The van der Waals surface area contributed by atoms with Gasteiger partial charge in [-0.1, -0.05) is 13.0 Å². The molecule has 3 aromatic heterocycles. The molecule has 1 N–H and O–H groups in total. The summed E-state index contributed by atoms with van der Waals surface area (Å²) in [5, 5.41) is 6.93. The zero-order chi connectivity index (χ0) is 19.0. The molecule has 4 rings (SSSR count). The van der Waals surface area contributed by atoms with Crippen LogP contribution in [0, 0.1) is 0 Å². The Hall–Kier alpha value is -2.32. The van der Waals surface area contributed by atoms with Crippen molar-refractivity contribution in [2.45, 2.75) is 45.6 Å². The lowest BCUT2D eigenvalue weighted by atomic mass is 10.2. The van der Waals surface area contributed by atoms with Gasteiger partial charge in [0.1, 0.15) is 10.9 Å². The van der Waals surface area contributed by atoms with E-state index in [-0.39, 0.29) is 11.5 Å². The highest BCUT2D eigenvalue weighted by Crippen LogP contribution is 2.34. The van der Waals surface area contributed by atoms with Crippen molar-refractivity contribution in [3.8, 4) is 0 Å². The predicted octanol–water partition coefficient (Wildman–Crippen LogP) is 3.50. The molecule has 1 atom stereocenters. The number of thiophene rings is 2. The van der Waals surface area contributed by atoms with Gasteiger partial charge in [-0.25, -0.2) is 10.4 Å². The molecule has 0 fully saturated rings. The third kappa shape index (κ3) is 3.23. The number of nitrogens with one attached hydrogen (secondary N) is 1. The van der Waals surface area contributed by atoms with Gasteiger partial charge < -0.3 is 0 Å². The Morgan fingerprint density at radius 1 is 1.44 bits per heavy atom. The smallest absolute Gasteiger partial charge is 0.263 e. The van der Waals surface area contributed by atoms with Gasteiger partial charge in [-0.3, -0.25) is 14.2 Å². The first-order chi connectivity index (χ1) is 13.1. The third-order valence-electron chi connectivity index (χ3n) is 4.89. The molecule has 0 bridgehead atoms. The molecule has 3 aromatic rings. The van der Waals surface area contributed by atoms with Gasteiger partial charge in [0.2, 0.25) is 0 Å². The molecule has 3 heterocycles. The minimum Gasteiger partial charge on any atom is -0.286 e. The number of nitrogens with zero attached hydrogens (tertiary/aromatic N) is 3. The monoisotopic (exact) mass is 400 g/mol. The van der Waals surface area contributed by atoms with Crippen LogP contribution in [0.3, 0.4) is 0 Å². The summed E-state index contributed by atoms with van der Waals surface area (Å²) in [5.74, 6) is -0.326. The van der Waals surface area contributed by atoms with Crippen molar-refractivity contribution < 1.29 is 4.79 Å². The van der Waals surface area contributed by atoms with E-state index in [0.29, 0.717) is 11.8 Å². The van der Waals surface area contributed by atoms with Crippen LogP contribution >= 0.6 is 22.7 Å². The Labute approximate surface area is 164 Å². The van der Waals surface area contributed by atoms with E-state index < -0.39 is 6.04 Å². The van der Waals surface area contributed by atoms with Crippen molar-refractivity contribution >= 4 is 44.5 Å². The van der Waals surface area contributed by atoms with Crippen LogP contribution in [0.4, 0.5) is 0 Å². The SMILES string of the molecule is CC/C(=N/NC(=O)[C@@H](C)n1cnc2sc3c(c2c1=O)CCC3)c1cccs1. The lowest BCUT2D eigenvalue weighted by Gasteiger charge is -2.13. The third-order valence-corrected chi connectivity index (χ3v) is 7.01. The van der Waals surface area contributed by atoms with Crippen LogP contribution in [0.2, 0.25) is 0 Å². The summed E-state index contributed by atoms with van der Waals surface area (Å²) in [4.78, 5) is 33.1. The first-order valence-corrected chi connectivity index (χ1v) is 10.7. The van der Waals surface area contributed by atoms with Crippen LogP contribution in [0.5, 0.6) is 0 Å². The average molecular weight is 401 g/mol. The summed E-state index contributed by atoms with van der Waals surface area (Å²) in [7, 11) is 0. The molecule has 0 unspecified atom stereocenters. The van der Waals surface area contributed by atoms with E-state index in [1.54, 1.807) is 29.6 Å². The average Bonchev–Trinajstić information content (AvgIpc) is 3.39. The van der Waals surface area contributed by atoms with Crippen molar-refractivity contribution in [3.63, 3.8) is 0 Å². The number of carbonyl (C=O) groups is 1. The summed E-state index contributed by atoms with van der Waals surface area (Å²) in [6.45, 7) is 3.69. The van der Waals surface area contributed by atoms with Gasteiger partial charge in [-0.05, 0) is 49.6 Å². The number of fused-ring (bicyclic) bond motifs is 3. The first-order valence-electron chi connectivity index (χ1n) is 9.01. The molecule has 1 aliphatic rings. The van der Waals surface area contributed by atoms with Crippen LogP contribution in [0.1, 0.15) is 48.0 Å². The van der Waals surface area contributed by atoms with Crippen LogP contribution in [-0.4, -0.2) is 21.2 Å². The Bertz CT molecular complexity index is 1080. The standard InChI is InChI=1S/C19H20N4O2S2/c1-3-13(15-8-5-9-26-15)21-22-17(24)11(2)23-10-20-18-16(19(23)25)12-6-4-7-14(12)27-18/h5,8-11H,3-4,6-7H2,1-2H3,(H,22,24)/b21-13-/t11-/m1/s1. The molecule has 0 saturated carbocycles. The van der Waals surface area contributed by atoms with Gasteiger partial charge in [-0.15, -0.1) is 22.7 Å². The molecule has 8 heteroatoms. The molecule has 140 valence electrons. The number of hydrogen-bond donors (Lipinski definition) is 1. The molecule has 0 saturated heterocycles. The van der Waals surface area contributed by atoms with Crippen molar-refractivity contribution in [1.82, 2.24) is 15.0 Å². The van der Waals surface area contributed by atoms with Crippen molar-refractivity contribution in [1.29, 1.82) is 0 Å². The number of aryl methyl sites for hydroxylation is 2. The number of aromatic nitrogens is 2. The van der Waals surface area contributed by atoms with Gasteiger partial charge in [0.15, 0.2) is 0 Å². The van der Waals surface area contributed by atoms with Gasteiger partial charge in [-0.2, -0.15) is 5.10 Å². The van der Waals surface area contributed by atoms with Crippen molar-refractivity contribution in [2.75, 3.05) is 0 Å². The summed E-state index contributed by atoms with van der Waals surface area (Å²) >= 11 is 3.18. The van der Waals surface area contributed by atoms with E-state index in [9.17, 15) is 9.59 Å². The van der Waals surface area contributed by atoms with Crippen LogP contribution < -0.4 is 11.0 Å². The maximum Gasteiger partial charge on any atom is 0.263 e. The summed E-state index contributed by atoms with van der Waals surface area (Å²) < 4.78 is 1.41. The lowest BCUT2D eigenvalue weighted by Crippen LogP contribution is -2.34. The molecule has 1 aliphatic carbocycles. The van der Waals surface area contributed by atoms with E-state index in [1.807, 2.05) is 24.4 Å². The fourth-order valence-electron chi connectivity index (χ4n) is 3.37. The number of hydrazone groups is 1. The highest BCUT2D eigenvalue weighted by molar-refractivity contribution is 7.18. The summed E-state index contributed by atoms with van der Waals surface area (Å²) in [5.41, 5.74) is 4.42. The van der Waals surface area contributed by atoms with Crippen LogP contribution in [0.25, 0.3) is 10.2 Å². The number of rotatable bonds is 5. The summed E-state index contributed by atoms with van der Waals surface area (Å²) in [6, 6.07) is 3.24. The van der Waals surface area contributed by atoms with Gasteiger partial charge in [0.05, 0.1) is 22.3 Å². The zero-order valence-corrected chi connectivity index (χ0v) is 16.8. The second kappa shape index (κ2) is 7.36. The maximum atomic E-state index is 13.0. The predicted molar refractivity (Wildman–Crippen MR) is 110 cm³/mol. The Morgan fingerprint density at radius 3 is 3.04 bits per heavy atom. The van der Waals surface area contributed by atoms with Gasteiger partial charge in [0, 0.05) is 4.88 Å². The molecule has 0 radical (unpaired) electrons. The highest BCUT2D eigenvalue weighted by atomic mass is 32.1. The largest absolute Gasteiger partial charge is 0.286 e. The van der Waals surface area contributed by atoms with Crippen molar-refractivity contribution in [2.24, 2.45) is 5.10 Å². The second-order valence-corrected chi connectivity index (χ2v) is 8.57. The van der Waals surface area contributed by atoms with Gasteiger partial charge >= 0.3 is 0 Å². The van der Waals surface area contributed by atoms with E-state index >= 15 is 0 Å². The van der Waals surface area contributed by atoms with E-state index in [0.717, 1.165) is 40.2 Å². The first kappa shape index (κ1) is 18.1. The quantitative estimate of drug-likeness (QED) is 0.526. The Balaban J connectivity index is 1.61. The summed E-state index contributed by atoms with van der Waals surface area (Å²) in [6.07, 6.45) is 5.21. The minimum atomic E-state index is -0.684. The van der Waals surface area contributed by atoms with Crippen LogP contribution in [-0.2, 0) is 17.6 Å². The number of carbonyl (C=O) groups excluding carboxylic acids is 1. The second-order valence-electron chi connectivity index (χ2n) is 6.54. The lowest BCUT2D eigenvalue weighted by molar-refractivity contribution is -0.123.